The Balaban J connectivity index is 2.04. The number of carbonyl (C=O) groups is 1. The highest BCUT2D eigenvalue weighted by Crippen LogP contribution is 2.21. The third-order valence-corrected chi connectivity index (χ3v) is 3.95. The Morgan fingerprint density at radius 2 is 2.00 bits per heavy atom. The second-order valence-electron chi connectivity index (χ2n) is 5.51. The molecular weight excluding hydrogens is 238 g/mol. The number of carbonyl (C=O) groups excluding carboxylic acids is 1. The molecule has 1 heterocycles. The Kier molecular flexibility index (Phi) is 4.10. The van der Waals surface area contributed by atoms with Crippen molar-refractivity contribution in [3.63, 3.8) is 0 Å². The van der Waals surface area contributed by atoms with Crippen LogP contribution in [-0.2, 0) is 0 Å². The molecule has 1 N–H and O–H groups in total. The molecule has 1 unspecified atom stereocenters. The number of anilines is 1. The highest BCUT2D eigenvalue weighted by atomic mass is 16.2. The maximum atomic E-state index is 12.3. The summed E-state index contributed by atoms with van der Waals surface area (Å²) in [6.45, 7) is 6.06. The number of likely N-dealkylation sites (tertiary alicyclic amines) is 1. The monoisotopic (exact) mass is 261 g/mol. The number of urea groups is 1. The van der Waals surface area contributed by atoms with Gasteiger partial charge in [0.1, 0.15) is 0 Å². The van der Waals surface area contributed by atoms with Gasteiger partial charge in [-0.3, -0.25) is 0 Å². The zero-order chi connectivity index (χ0) is 14.0. The molecule has 1 aromatic rings. The molecule has 2 amide bonds. The van der Waals surface area contributed by atoms with Crippen LogP contribution < -0.4 is 5.32 Å². The van der Waals surface area contributed by atoms with Crippen molar-refractivity contribution < 1.29 is 4.79 Å². The van der Waals surface area contributed by atoms with E-state index in [9.17, 15) is 4.79 Å². The normalized spacial score (nSPS) is 19.5. The molecule has 1 aromatic carbocycles. The van der Waals surface area contributed by atoms with Crippen LogP contribution in [0.3, 0.4) is 0 Å². The minimum Gasteiger partial charge on any atom is -0.323 e. The Labute approximate surface area is 115 Å². The summed E-state index contributed by atoms with van der Waals surface area (Å²) in [5.74, 6) is 0. The summed E-state index contributed by atoms with van der Waals surface area (Å²) < 4.78 is 0. The van der Waals surface area contributed by atoms with Gasteiger partial charge in [0.05, 0.1) is 0 Å². The maximum absolute atomic E-state index is 12.3. The minimum atomic E-state index is -0.0160. The van der Waals surface area contributed by atoms with Crippen molar-refractivity contribution in [2.75, 3.05) is 32.5 Å². The van der Waals surface area contributed by atoms with Gasteiger partial charge in [0.15, 0.2) is 0 Å². The second kappa shape index (κ2) is 5.61. The zero-order valence-electron chi connectivity index (χ0n) is 12.2. The number of nitrogens with zero attached hydrogens (tertiary/aromatic N) is 2. The predicted molar refractivity (Wildman–Crippen MR) is 78.6 cm³/mol. The molecule has 19 heavy (non-hydrogen) atoms. The van der Waals surface area contributed by atoms with Crippen LogP contribution in [0, 0.1) is 13.8 Å². The van der Waals surface area contributed by atoms with Gasteiger partial charge < -0.3 is 15.1 Å². The highest BCUT2D eigenvalue weighted by molar-refractivity contribution is 5.91. The van der Waals surface area contributed by atoms with Gasteiger partial charge in [-0.15, -0.1) is 0 Å². The molecule has 0 saturated carbocycles. The van der Waals surface area contributed by atoms with Crippen molar-refractivity contribution in [3.8, 4) is 0 Å². The average Bonchev–Trinajstić information content (AvgIpc) is 2.79. The number of amides is 2. The fourth-order valence-corrected chi connectivity index (χ4v) is 2.60. The lowest BCUT2D eigenvalue weighted by molar-refractivity contribution is 0.204. The largest absolute Gasteiger partial charge is 0.323 e. The Morgan fingerprint density at radius 1 is 1.37 bits per heavy atom. The van der Waals surface area contributed by atoms with E-state index in [0.29, 0.717) is 6.04 Å². The summed E-state index contributed by atoms with van der Waals surface area (Å²) in [4.78, 5) is 16.4. The van der Waals surface area contributed by atoms with Gasteiger partial charge in [0.25, 0.3) is 0 Å². The number of rotatable bonds is 2. The molecule has 0 radical (unpaired) electrons. The SMILES string of the molecule is Cc1cccc(C)c1NC(=O)N(C)C1CCN(C)C1. The van der Waals surface area contributed by atoms with E-state index in [-0.39, 0.29) is 6.03 Å². The van der Waals surface area contributed by atoms with E-state index in [4.69, 9.17) is 0 Å². The van der Waals surface area contributed by atoms with E-state index in [1.54, 1.807) is 0 Å². The van der Waals surface area contributed by atoms with Crippen LogP contribution in [0.15, 0.2) is 18.2 Å². The molecule has 104 valence electrons. The first kappa shape index (κ1) is 13.9. The first-order valence-electron chi connectivity index (χ1n) is 6.77. The van der Waals surface area contributed by atoms with Crippen molar-refractivity contribution >= 4 is 11.7 Å². The van der Waals surface area contributed by atoms with Crippen LogP contribution in [0.4, 0.5) is 10.5 Å². The molecule has 0 aromatic heterocycles. The number of benzene rings is 1. The Hall–Kier alpha value is -1.55. The van der Waals surface area contributed by atoms with Crippen molar-refractivity contribution in [1.82, 2.24) is 9.80 Å². The van der Waals surface area contributed by atoms with Crippen molar-refractivity contribution in [1.29, 1.82) is 0 Å². The minimum absolute atomic E-state index is 0.0160. The fourth-order valence-electron chi connectivity index (χ4n) is 2.60. The number of hydrogen-bond acceptors (Lipinski definition) is 2. The molecule has 0 spiro atoms. The number of aryl methyl sites for hydroxylation is 2. The van der Waals surface area contributed by atoms with Gasteiger partial charge in [-0.2, -0.15) is 0 Å². The lowest BCUT2D eigenvalue weighted by Crippen LogP contribution is -2.41. The molecule has 2 rings (SSSR count). The summed E-state index contributed by atoms with van der Waals surface area (Å²) in [5.41, 5.74) is 3.14. The van der Waals surface area contributed by atoms with Crippen LogP contribution in [0.25, 0.3) is 0 Å². The first-order chi connectivity index (χ1) is 8.99. The van der Waals surface area contributed by atoms with Crippen molar-refractivity contribution in [2.24, 2.45) is 0 Å². The molecule has 0 bridgehead atoms. The molecule has 1 aliphatic rings. The van der Waals surface area contributed by atoms with Crippen LogP contribution in [0.2, 0.25) is 0 Å². The number of para-hydroxylation sites is 1. The molecule has 4 heteroatoms. The second-order valence-corrected chi connectivity index (χ2v) is 5.51. The van der Waals surface area contributed by atoms with Gasteiger partial charge in [0, 0.05) is 25.3 Å². The van der Waals surface area contributed by atoms with Crippen LogP contribution in [0.5, 0.6) is 0 Å². The van der Waals surface area contributed by atoms with Crippen LogP contribution >= 0.6 is 0 Å². The maximum Gasteiger partial charge on any atom is 0.321 e. The summed E-state index contributed by atoms with van der Waals surface area (Å²) in [6, 6.07) is 6.35. The zero-order valence-corrected chi connectivity index (χ0v) is 12.2. The molecule has 1 atom stereocenters. The quantitative estimate of drug-likeness (QED) is 0.887. The Morgan fingerprint density at radius 3 is 2.53 bits per heavy atom. The van der Waals surface area contributed by atoms with E-state index in [2.05, 4.69) is 17.3 Å². The topological polar surface area (TPSA) is 35.6 Å². The molecule has 0 aliphatic carbocycles. The number of likely N-dealkylation sites (N-methyl/N-ethyl adjacent to an activating group) is 2. The van der Waals surface area contributed by atoms with Crippen LogP contribution in [-0.4, -0.2) is 49.1 Å². The van der Waals surface area contributed by atoms with Gasteiger partial charge >= 0.3 is 6.03 Å². The van der Waals surface area contributed by atoms with Gasteiger partial charge in [-0.1, -0.05) is 18.2 Å². The molecule has 1 fully saturated rings. The summed E-state index contributed by atoms with van der Waals surface area (Å²) >= 11 is 0. The molecular formula is C15H23N3O. The Bertz CT molecular complexity index is 452. The third kappa shape index (κ3) is 3.07. The highest BCUT2D eigenvalue weighted by Gasteiger charge is 2.26. The molecule has 1 saturated heterocycles. The fraction of sp³-hybridized carbons (Fsp3) is 0.533. The third-order valence-electron chi connectivity index (χ3n) is 3.95. The van der Waals surface area contributed by atoms with E-state index in [0.717, 1.165) is 36.3 Å². The summed E-state index contributed by atoms with van der Waals surface area (Å²) in [5, 5.41) is 3.04. The predicted octanol–water partition coefficient (Wildman–Crippen LogP) is 2.47. The molecule has 4 nitrogen and oxygen atoms in total. The number of hydrogen-bond donors (Lipinski definition) is 1. The van der Waals surface area contributed by atoms with Gasteiger partial charge in [0.2, 0.25) is 0 Å². The lowest BCUT2D eigenvalue weighted by atomic mass is 10.1. The van der Waals surface area contributed by atoms with E-state index < -0.39 is 0 Å². The van der Waals surface area contributed by atoms with E-state index >= 15 is 0 Å². The van der Waals surface area contributed by atoms with E-state index in [1.165, 1.54) is 0 Å². The summed E-state index contributed by atoms with van der Waals surface area (Å²) in [6.07, 6.45) is 1.05. The van der Waals surface area contributed by atoms with E-state index in [1.807, 2.05) is 44.0 Å². The average molecular weight is 261 g/mol. The van der Waals surface area contributed by atoms with Gasteiger partial charge in [-0.05, 0) is 45.0 Å². The van der Waals surface area contributed by atoms with Gasteiger partial charge in [-0.25, -0.2) is 4.79 Å². The smallest absolute Gasteiger partial charge is 0.321 e. The lowest BCUT2D eigenvalue weighted by Gasteiger charge is -2.25. The standard InChI is InChI=1S/C15H23N3O/c1-11-6-5-7-12(2)14(11)16-15(19)18(4)13-8-9-17(3)10-13/h5-7,13H,8-10H2,1-4H3,(H,16,19). The van der Waals surface area contributed by atoms with Crippen LogP contribution in [0.1, 0.15) is 17.5 Å². The first-order valence-corrected chi connectivity index (χ1v) is 6.77. The number of nitrogens with one attached hydrogen (secondary N) is 1. The summed E-state index contributed by atoms with van der Waals surface area (Å²) in [7, 11) is 3.98. The molecule has 1 aliphatic heterocycles. The van der Waals surface area contributed by atoms with Crippen molar-refractivity contribution in [3.05, 3.63) is 29.3 Å². The van der Waals surface area contributed by atoms with Crippen molar-refractivity contribution in [2.45, 2.75) is 26.3 Å².